The third-order valence-electron chi connectivity index (χ3n) is 3.61. The maximum atomic E-state index is 12.1. The van der Waals surface area contributed by atoms with Gasteiger partial charge in [0.05, 0.1) is 6.04 Å². The number of nitrogens with zero attached hydrogens (tertiary/aromatic N) is 1. The molecule has 0 aromatic carbocycles. The molecule has 1 saturated carbocycles. The first kappa shape index (κ1) is 10.9. The standard InChI is InChI=1S/C12H22N2O/c1-9-3-6-11(13-2)12(15)14(7-9)8-10-4-5-10/h9-11,13H,3-8H2,1-2H3. The zero-order chi connectivity index (χ0) is 10.8. The fraction of sp³-hybridized carbons (Fsp3) is 0.917. The van der Waals surface area contributed by atoms with E-state index in [-0.39, 0.29) is 6.04 Å². The molecule has 3 heteroatoms. The Kier molecular flexibility index (Phi) is 3.29. The van der Waals surface area contributed by atoms with Crippen LogP contribution in [0.15, 0.2) is 0 Å². The highest BCUT2D eigenvalue weighted by Gasteiger charge is 2.32. The molecule has 3 nitrogen and oxygen atoms in total. The van der Waals surface area contributed by atoms with Crippen LogP contribution >= 0.6 is 0 Å². The number of hydrogen-bond donors (Lipinski definition) is 1. The normalized spacial score (nSPS) is 32.9. The van der Waals surface area contributed by atoms with Crippen LogP contribution in [0.5, 0.6) is 0 Å². The summed E-state index contributed by atoms with van der Waals surface area (Å²) >= 11 is 0. The molecular weight excluding hydrogens is 188 g/mol. The first-order chi connectivity index (χ1) is 7.20. The Labute approximate surface area is 92.2 Å². The highest BCUT2D eigenvalue weighted by atomic mass is 16.2. The van der Waals surface area contributed by atoms with Crippen LogP contribution in [0, 0.1) is 11.8 Å². The summed E-state index contributed by atoms with van der Waals surface area (Å²) in [5, 5.41) is 3.15. The van der Waals surface area contributed by atoms with Gasteiger partial charge in [-0.3, -0.25) is 4.79 Å². The van der Waals surface area contributed by atoms with Crippen molar-refractivity contribution in [1.29, 1.82) is 0 Å². The number of rotatable bonds is 3. The number of hydrogen-bond acceptors (Lipinski definition) is 2. The Hall–Kier alpha value is -0.570. The van der Waals surface area contributed by atoms with Crippen LogP contribution in [0.4, 0.5) is 0 Å². The van der Waals surface area contributed by atoms with Crippen molar-refractivity contribution in [3.63, 3.8) is 0 Å². The van der Waals surface area contributed by atoms with E-state index in [4.69, 9.17) is 0 Å². The number of carbonyl (C=O) groups excluding carboxylic acids is 1. The number of amides is 1. The van der Waals surface area contributed by atoms with Gasteiger partial charge in [0, 0.05) is 13.1 Å². The molecule has 1 heterocycles. The summed E-state index contributed by atoms with van der Waals surface area (Å²) in [5.41, 5.74) is 0. The monoisotopic (exact) mass is 210 g/mol. The van der Waals surface area contributed by atoms with Gasteiger partial charge in [0.2, 0.25) is 5.91 Å². The summed E-state index contributed by atoms with van der Waals surface area (Å²) in [6.07, 6.45) is 4.81. The molecule has 1 saturated heterocycles. The predicted molar refractivity (Wildman–Crippen MR) is 60.5 cm³/mol. The lowest BCUT2D eigenvalue weighted by Gasteiger charge is -2.25. The van der Waals surface area contributed by atoms with Crippen molar-refractivity contribution in [2.24, 2.45) is 11.8 Å². The second-order valence-electron chi connectivity index (χ2n) is 5.21. The molecule has 1 aliphatic heterocycles. The summed E-state index contributed by atoms with van der Waals surface area (Å²) in [4.78, 5) is 14.2. The maximum absolute atomic E-state index is 12.1. The van der Waals surface area contributed by atoms with Crippen molar-refractivity contribution in [3.8, 4) is 0 Å². The minimum absolute atomic E-state index is 0.0636. The zero-order valence-corrected chi connectivity index (χ0v) is 9.83. The van der Waals surface area contributed by atoms with Gasteiger partial charge in [-0.25, -0.2) is 0 Å². The smallest absolute Gasteiger partial charge is 0.239 e. The van der Waals surface area contributed by atoms with E-state index in [2.05, 4.69) is 17.1 Å². The quantitative estimate of drug-likeness (QED) is 0.760. The predicted octanol–water partition coefficient (Wildman–Crippen LogP) is 1.24. The minimum atomic E-state index is 0.0636. The highest BCUT2D eigenvalue weighted by Crippen LogP contribution is 2.31. The van der Waals surface area contributed by atoms with Gasteiger partial charge in [-0.1, -0.05) is 6.92 Å². The lowest BCUT2D eigenvalue weighted by atomic mass is 10.0. The van der Waals surface area contributed by atoms with Crippen molar-refractivity contribution >= 4 is 5.91 Å². The van der Waals surface area contributed by atoms with Gasteiger partial charge < -0.3 is 10.2 Å². The van der Waals surface area contributed by atoms with Gasteiger partial charge >= 0.3 is 0 Å². The van der Waals surface area contributed by atoms with Crippen LogP contribution in [0.3, 0.4) is 0 Å². The second kappa shape index (κ2) is 4.52. The van der Waals surface area contributed by atoms with E-state index >= 15 is 0 Å². The van der Waals surface area contributed by atoms with Gasteiger partial charge in [-0.2, -0.15) is 0 Å². The molecule has 2 unspecified atom stereocenters. The van der Waals surface area contributed by atoms with E-state index < -0.39 is 0 Å². The van der Waals surface area contributed by atoms with Crippen LogP contribution < -0.4 is 5.32 Å². The van der Waals surface area contributed by atoms with Crippen LogP contribution in [0.25, 0.3) is 0 Å². The number of carbonyl (C=O) groups is 1. The number of likely N-dealkylation sites (tertiary alicyclic amines) is 1. The van der Waals surface area contributed by atoms with E-state index in [1.807, 2.05) is 7.05 Å². The average molecular weight is 210 g/mol. The van der Waals surface area contributed by atoms with Crippen LogP contribution in [-0.4, -0.2) is 37.0 Å². The van der Waals surface area contributed by atoms with Gasteiger partial charge in [0.15, 0.2) is 0 Å². The molecule has 1 amide bonds. The van der Waals surface area contributed by atoms with Gasteiger partial charge in [-0.05, 0) is 44.6 Å². The van der Waals surface area contributed by atoms with E-state index in [9.17, 15) is 4.79 Å². The van der Waals surface area contributed by atoms with Crippen molar-refractivity contribution in [3.05, 3.63) is 0 Å². The molecular formula is C12H22N2O. The molecule has 0 bridgehead atoms. The summed E-state index contributed by atoms with van der Waals surface area (Å²) in [7, 11) is 1.90. The van der Waals surface area contributed by atoms with Gasteiger partial charge in [0.25, 0.3) is 0 Å². The SMILES string of the molecule is CNC1CCC(C)CN(CC2CC2)C1=O. The fourth-order valence-corrected chi connectivity index (χ4v) is 2.40. The first-order valence-electron chi connectivity index (χ1n) is 6.16. The molecule has 0 radical (unpaired) electrons. The zero-order valence-electron chi connectivity index (χ0n) is 9.83. The molecule has 1 aliphatic carbocycles. The molecule has 2 fully saturated rings. The topological polar surface area (TPSA) is 32.3 Å². The van der Waals surface area contributed by atoms with Crippen molar-refractivity contribution in [2.45, 2.75) is 38.6 Å². The third kappa shape index (κ3) is 2.71. The summed E-state index contributed by atoms with van der Waals surface area (Å²) in [6.45, 7) is 4.22. The minimum Gasteiger partial charge on any atom is -0.341 e. The van der Waals surface area contributed by atoms with E-state index in [0.717, 1.165) is 25.4 Å². The molecule has 0 aromatic heterocycles. The largest absolute Gasteiger partial charge is 0.341 e. The average Bonchev–Trinajstić information content (AvgIpc) is 3.01. The van der Waals surface area contributed by atoms with E-state index in [1.54, 1.807) is 0 Å². The summed E-state index contributed by atoms with van der Waals surface area (Å²) in [6, 6.07) is 0.0636. The highest BCUT2D eigenvalue weighted by molar-refractivity contribution is 5.82. The molecule has 0 aromatic rings. The lowest BCUT2D eigenvalue weighted by molar-refractivity contribution is -0.133. The fourth-order valence-electron chi connectivity index (χ4n) is 2.40. The number of likely N-dealkylation sites (N-methyl/N-ethyl adjacent to an activating group) is 1. The number of nitrogens with one attached hydrogen (secondary N) is 1. The van der Waals surface area contributed by atoms with Crippen LogP contribution in [0.1, 0.15) is 32.6 Å². The second-order valence-corrected chi connectivity index (χ2v) is 5.21. The molecule has 86 valence electrons. The Morgan fingerprint density at radius 3 is 2.67 bits per heavy atom. The van der Waals surface area contributed by atoms with E-state index in [1.165, 1.54) is 19.3 Å². The Bertz CT molecular complexity index is 238. The van der Waals surface area contributed by atoms with Crippen molar-refractivity contribution < 1.29 is 4.79 Å². The molecule has 15 heavy (non-hydrogen) atoms. The Morgan fingerprint density at radius 1 is 1.33 bits per heavy atom. The molecule has 2 atom stereocenters. The summed E-state index contributed by atoms with van der Waals surface area (Å²) < 4.78 is 0. The third-order valence-corrected chi connectivity index (χ3v) is 3.61. The van der Waals surface area contributed by atoms with Crippen LogP contribution in [0.2, 0.25) is 0 Å². The van der Waals surface area contributed by atoms with Crippen molar-refractivity contribution in [2.75, 3.05) is 20.1 Å². The van der Waals surface area contributed by atoms with Crippen molar-refractivity contribution in [1.82, 2.24) is 10.2 Å². The molecule has 2 aliphatic rings. The molecule has 1 N–H and O–H groups in total. The summed E-state index contributed by atoms with van der Waals surface area (Å²) in [5.74, 6) is 1.79. The Morgan fingerprint density at radius 2 is 2.07 bits per heavy atom. The lowest BCUT2D eigenvalue weighted by Crippen LogP contribution is -2.45. The van der Waals surface area contributed by atoms with Gasteiger partial charge in [0.1, 0.15) is 0 Å². The van der Waals surface area contributed by atoms with E-state index in [0.29, 0.717) is 11.8 Å². The molecule has 2 rings (SSSR count). The molecule has 0 spiro atoms. The Balaban J connectivity index is 1.99. The maximum Gasteiger partial charge on any atom is 0.239 e. The first-order valence-corrected chi connectivity index (χ1v) is 6.16. The van der Waals surface area contributed by atoms with Crippen LogP contribution in [-0.2, 0) is 4.79 Å². The van der Waals surface area contributed by atoms with Gasteiger partial charge in [-0.15, -0.1) is 0 Å².